The first-order valence-corrected chi connectivity index (χ1v) is 8.73. The zero-order chi connectivity index (χ0) is 15.9. The molecule has 2 aromatic rings. The number of aromatic nitrogens is 1. The lowest BCUT2D eigenvalue weighted by Gasteiger charge is -2.22. The Kier molecular flexibility index (Phi) is 4.01. The Balaban J connectivity index is 1.86. The van der Waals surface area contributed by atoms with Gasteiger partial charge in [0.05, 0.1) is 16.5 Å². The van der Waals surface area contributed by atoms with Crippen LogP contribution >= 0.6 is 22.7 Å². The highest BCUT2D eigenvalue weighted by Gasteiger charge is 2.39. The molecule has 1 amide bonds. The van der Waals surface area contributed by atoms with Crippen LogP contribution in [0.2, 0.25) is 0 Å². The number of likely N-dealkylation sites (tertiary alicyclic amines) is 1. The quantitative estimate of drug-likeness (QED) is 0.935. The standard InChI is InChI=1S/C15H16N2O3S2/c1-8-12(22-13(16-8)11-4-3-7-21-11)14(18)17-6-5-10(9(17)2)15(19)20/h3-4,7,9-10H,5-6H2,1-2H3,(H,19,20). The first kappa shape index (κ1) is 15.2. The van der Waals surface area contributed by atoms with Crippen molar-refractivity contribution in [2.75, 3.05) is 6.54 Å². The van der Waals surface area contributed by atoms with Gasteiger partial charge in [-0.2, -0.15) is 0 Å². The smallest absolute Gasteiger partial charge is 0.308 e. The largest absolute Gasteiger partial charge is 0.481 e. The second-order valence-corrected chi connectivity index (χ2v) is 7.33. The van der Waals surface area contributed by atoms with Crippen molar-refractivity contribution >= 4 is 34.6 Å². The predicted octanol–water partition coefficient (Wildman–Crippen LogP) is 3.12. The minimum atomic E-state index is -0.830. The summed E-state index contributed by atoms with van der Waals surface area (Å²) < 4.78 is 0. The van der Waals surface area contributed by atoms with Crippen LogP contribution in [0, 0.1) is 12.8 Å². The van der Waals surface area contributed by atoms with Gasteiger partial charge in [-0.1, -0.05) is 6.07 Å². The van der Waals surface area contributed by atoms with Crippen LogP contribution in [-0.4, -0.2) is 39.5 Å². The van der Waals surface area contributed by atoms with Gasteiger partial charge in [-0.25, -0.2) is 4.98 Å². The average molecular weight is 336 g/mol. The number of carboxylic acids is 1. The number of thiazole rings is 1. The molecule has 0 aliphatic carbocycles. The molecule has 5 nitrogen and oxygen atoms in total. The third-order valence-corrected chi connectivity index (χ3v) is 6.24. The number of hydrogen-bond donors (Lipinski definition) is 1. The molecule has 22 heavy (non-hydrogen) atoms. The van der Waals surface area contributed by atoms with Gasteiger partial charge in [0.1, 0.15) is 9.88 Å². The summed E-state index contributed by atoms with van der Waals surface area (Å²) >= 11 is 2.98. The molecule has 0 bridgehead atoms. The van der Waals surface area contributed by atoms with Crippen LogP contribution < -0.4 is 0 Å². The summed E-state index contributed by atoms with van der Waals surface area (Å²) in [7, 11) is 0. The highest BCUT2D eigenvalue weighted by atomic mass is 32.1. The number of hydrogen-bond acceptors (Lipinski definition) is 5. The molecule has 3 rings (SSSR count). The molecule has 1 N–H and O–H groups in total. The van der Waals surface area contributed by atoms with E-state index in [-0.39, 0.29) is 11.9 Å². The molecule has 1 aliphatic rings. The number of amides is 1. The van der Waals surface area contributed by atoms with Crippen LogP contribution in [0.15, 0.2) is 17.5 Å². The van der Waals surface area contributed by atoms with E-state index in [2.05, 4.69) is 4.98 Å². The van der Waals surface area contributed by atoms with E-state index in [9.17, 15) is 14.7 Å². The van der Waals surface area contributed by atoms with E-state index in [1.807, 2.05) is 24.4 Å². The SMILES string of the molecule is Cc1nc(-c2cccs2)sc1C(=O)N1CCC(C(=O)O)C1C. The van der Waals surface area contributed by atoms with Gasteiger partial charge in [-0.3, -0.25) is 9.59 Å². The van der Waals surface area contributed by atoms with Crippen molar-refractivity contribution in [1.82, 2.24) is 9.88 Å². The summed E-state index contributed by atoms with van der Waals surface area (Å²) in [5.41, 5.74) is 0.712. The van der Waals surface area contributed by atoms with Crippen LogP contribution in [0.1, 0.15) is 28.7 Å². The normalized spacial score (nSPS) is 21.3. The third kappa shape index (κ3) is 2.55. The predicted molar refractivity (Wildman–Crippen MR) is 86.4 cm³/mol. The lowest BCUT2D eigenvalue weighted by molar-refractivity contribution is -0.142. The summed E-state index contributed by atoms with van der Waals surface area (Å²) in [4.78, 5) is 31.7. The van der Waals surface area contributed by atoms with Crippen LogP contribution in [0.25, 0.3) is 9.88 Å². The Morgan fingerprint density at radius 1 is 1.45 bits per heavy atom. The Morgan fingerprint density at radius 2 is 2.23 bits per heavy atom. The monoisotopic (exact) mass is 336 g/mol. The second kappa shape index (κ2) is 5.81. The van der Waals surface area contributed by atoms with E-state index >= 15 is 0 Å². The van der Waals surface area contributed by atoms with Gasteiger partial charge in [-0.15, -0.1) is 22.7 Å². The van der Waals surface area contributed by atoms with Crippen molar-refractivity contribution in [2.45, 2.75) is 26.3 Å². The molecular weight excluding hydrogens is 320 g/mol. The summed E-state index contributed by atoms with van der Waals surface area (Å²) in [6, 6.07) is 3.66. The topological polar surface area (TPSA) is 70.5 Å². The van der Waals surface area contributed by atoms with Gasteiger partial charge in [0.15, 0.2) is 0 Å². The van der Waals surface area contributed by atoms with E-state index < -0.39 is 11.9 Å². The fourth-order valence-corrected chi connectivity index (χ4v) is 4.61. The fraction of sp³-hybridized carbons (Fsp3) is 0.400. The number of aliphatic carboxylic acids is 1. The Morgan fingerprint density at radius 3 is 2.82 bits per heavy atom. The maximum absolute atomic E-state index is 12.7. The number of aryl methyl sites for hydroxylation is 1. The van der Waals surface area contributed by atoms with Crippen LogP contribution in [0.5, 0.6) is 0 Å². The van der Waals surface area contributed by atoms with Crippen LogP contribution in [0.4, 0.5) is 0 Å². The van der Waals surface area contributed by atoms with Crippen molar-refractivity contribution in [2.24, 2.45) is 5.92 Å². The third-order valence-electron chi connectivity index (χ3n) is 4.06. The summed E-state index contributed by atoms with van der Waals surface area (Å²) in [6.07, 6.45) is 0.512. The zero-order valence-electron chi connectivity index (χ0n) is 12.3. The molecule has 2 aromatic heterocycles. The minimum absolute atomic E-state index is 0.103. The Labute approximate surface area is 136 Å². The summed E-state index contributed by atoms with van der Waals surface area (Å²) in [6.45, 7) is 4.12. The second-order valence-electron chi connectivity index (χ2n) is 5.38. The summed E-state index contributed by atoms with van der Waals surface area (Å²) in [5.74, 6) is -1.41. The molecule has 2 atom stereocenters. The molecular formula is C15H16N2O3S2. The fourth-order valence-electron chi connectivity index (χ4n) is 2.79. The number of nitrogens with zero attached hydrogens (tertiary/aromatic N) is 2. The van der Waals surface area contributed by atoms with Gasteiger partial charge in [0.2, 0.25) is 0 Å². The van der Waals surface area contributed by atoms with Crippen LogP contribution in [-0.2, 0) is 4.79 Å². The Bertz CT molecular complexity index is 708. The number of rotatable bonds is 3. The molecule has 1 saturated heterocycles. The first-order chi connectivity index (χ1) is 10.5. The molecule has 1 aliphatic heterocycles. The minimum Gasteiger partial charge on any atom is -0.481 e. The summed E-state index contributed by atoms with van der Waals surface area (Å²) in [5, 5.41) is 12.0. The number of carboxylic acid groups (broad SMARTS) is 1. The van der Waals surface area contributed by atoms with Crippen molar-refractivity contribution < 1.29 is 14.7 Å². The van der Waals surface area contributed by atoms with E-state index in [1.165, 1.54) is 11.3 Å². The average Bonchev–Trinajstić information content (AvgIpc) is 3.16. The molecule has 0 radical (unpaired) electrons. The molecule has 0 saturated carbocycles. The zero-order valence-corrected chi connectivity index (χ0v) is 13.9. The Hall–Kier alpha value is -1.73. The molecule has 2 unspecified atom stereocenters. The highest BCUT2D eigenvalue weighted by Crippen LogP contribution is 2.33. The number of thiophene rings is 1. The molecule has 116 valence electrons. The first-order valence-electron chi connectivity index (χ1n) is 7.04. The van der Waals surface area contributed by atoms with E-state index in [4.69, 9.17) is 0 Å². The molecule has 3 heterocycles. The van der Waals surface area contributed by atoms with E-state index in [0.29, 0.717) is 23.5 Å². The molecule has 0 spiro atoms. The van der Waals surface area contributed by atoms with E-state index in [1.54, 1.807) is 23.2 Å². The lowest BCUT2D eigenvalue weighted by atomic mass is 10.0. The van der Waals surface area contributed by atoms with Gasteiger partial charge < -0.3 is 10.0 Å². The molecule has 0 aromatic carbocycles. The highest BCUT2D eigenvalue weighted by molar-refractivity contribution is 7.22. The molecule has 7 heteroatoms. The van der Waals surface area contributed by atoms with Crippen LogP contribution in [0.3, 0.4) is 0 Å². The van der Waals surface area contributed by atoms with Crippen molar-refractivity contribution in [3.8, 4) is 9.88 Å². The number of carbonyl (C=O) groups is 2. The maximum Gasteiger partial charge on any atom is 0.308 e. The van der Waals surface area contributed by atoms with Gasteiger partial charge in [0.25, 0.3) is 5.91 Å². The molecule has 1 fully saturated rings. The van der Waals surface area contributed by atoms with Gasteiger partial charge in [-0.05, 0) is 31.7 Å². The van der Waals surface area contributed by atoms with Crippen molar-refractivity contribution in [1.29, 1.82) is 0 Å². The number of carbonyl (C=O) groups excluding carboxylic acids is 1. The van der Waals surface area contributed by atoms with Gasteiger partial charge in [0, 0.05) is 12.6 Å². The van der Waals surface area contributed by atoms with Crippen molar-refractivity contribution in [3.63, 3.8) is 0 Å². The maximum atomic E-state index is 12.7. The van der Waals surface area contributed by atoms with E-state index in [0.717, 1.165) is 9.88 Å². The lowest BCUT2D eigenvalue weighted by Crippen LogP contribution is -2.37. The van der Waals surface area contributed by atoms with Gasteiger partial charge >= 0.3 is 5.97 Å². The van der Waals surface area contributed by atoms with Crippen molar-refractivity contribution in [3.05, 3.63) is 28.1 Å².